The van der Waals surface area contributed by atoms with E-state index in [4.69, 9.17) is 9.47 Å². The van der Waals surface area contributed by atoms with Crippen LogP contribution in [-0.4, -0.2) is 49.9 Å². The molecule has 0 saturated heterocycles. The lowest BCUT2D eigenvalue weighted by atomic mass is 10.0. The summed E-state index contributed by atoms with van der Waals surface area (Å²) in [6, 6.07) is 0. The van der Waals surface area contributed by atoms with Gasteiger partial charge in [-0.15, -0.1) is 0 Å². The number of hydrogen-bond donors (Lipinski definition) is 1. The Balaban J connectivity index is 4.12. The Labute approximate surface area is 111 Å². The van der Waals surface area contributed by atoms with Gasteiger partial charge in [0.05, 0.1) is 24.2 Å². The lowest BCUT2D eigenvalue weighted by molar-refractivity contribution is -0.139. The molecule has 0 atom stereocenters. The molecule has 0 aliphatic carbocycles. The number of hydrazine groups is 1. The van der Waals surface area contributed by atoms with Crippen LogP contribution in [0, 0.1) is 0 Å². The van der Waals surface area contributed by atoms with Gasteiger partial charge in [-0.2, -0.15) is 0 Å². The summed E-state index contributed by atoms with van der Waals surface area (Å²) in [5.74, 6) is 0.00787. The first kappa shape index (κ1) is 17.4. The van der Waals surface area contributed by atoms with Crippen LogP contribution < -0.4 is 5.43 Å². The largest absolute Gasteiger partial charge is 0.379 e. The fourth-order valence-corrected chi connectivity index (χ4v) is 1.33. The maximum atomic E-state index is 11.8. The van der Waals surface area contributed by atoms with Gasteiger partial charge >= 0.3 is 0 Å². The smallest absolute Gasteiger partial charge is 0.239 e. The van der Waals surface area contributed by atoms with Crippen molar-refractivity contribution in [3.8, 4) is 0 Å². The highest BCUT2D eigenvalue weighted by Crippen LogP contribution is 2.19. The Hall–Kier alpha value is -0.650. The monoisotopic (exact) mass is 260 g/mol. The lowest BCUT2D eigenvalue weighted by Gasteiger charge is -2.29. The molecule has 0 radical (unpaired) electrons. The summed E-state index contributed by atoms with van der Waals surface area (Å²) in [6.07, 6.45) is 1.14. The molecule has 18 heavy (non-hydrogen) atoms. The predicted octanol–water partition coefficient (Wildman–Crippen LogP) is 1.58. The summed E-state index contributed by atoms with van der Waals surface area (Å²) in [4.78, 5) is 11.8. The Bertz CT molecular complexity index is 265. The van der Waals surface area contributed by atoms with Crippen LogP contribution in [0.25, 0.3) is 0 Å². The molecule has 1 amide bonds. The van der Waals surface area contributed by atoms with E-state index in [9.17, 15) is 4.79 Å². The first-order chi connectivity index (χ1) is 8.13. The third-order valence-electron chi connectivity index (χ3n) is 3.04. The van der Waals surface area contributed by atoms with Gasteiger partial charge < -0.3 is 9.47 Å². The Morgan fingerprint density at radius 1 is 1.22 bits per heavy atom. The third kappa shape index (κ3) is 6.93. The van der Waals surface area contributed by atoms with Gasteiger partial charge in [0.1, 0.15) is 0 Å². The molecular weight excluding hydrogens is 232 g/mol. The predicted molar refractivity (Wildman–Crippen MR) is 72.2 cm³/mol. The molecule has 1 N–H and O–H groups in total. The van der Waals surface area contributed by atoms with Crippen LogP contribution in [0.1, 0.15) is 40.5 Å². The molecule has 0 aliphatic heterocycles. The second-order valence-electron chi connectivity index (χ2n) is 5.68. The fraction of sp³-hybridized carbons (Fsp3) is 0.923. The zero-order valence-electron chi connectivity index (χ0n) is 12.8. The molecule has 0 unspecified atom stereocenters. The Morgan fingerprint density at radius 3 is 2.22 bits per heavy atom. The number of amides is 1. The van der Waals surface area contributed by atoms with Gasteiger partial charge in [0, 0.05) is 21.2 Å². The number of nitrogens with one attached hydrogen (secondary N) is 1. The Morgan fingerprint density at radius 2 is 1.78 bits per heavy atom. The van der Waals surface area contributed by atoms with Gasteiger partial charge in [-0.25, -0.2) is 5.43 Å². The second kappa shape index (κ2) is 7.07. The minimum atomic E-state index is -0.466. The highest BCUT2D eigenvalue weighted by molar-refractivity contribution is 5.76. The summed E-state index contributed by atoms with van der Waals surface area (Å²) in [6.45, 7) is 8.46. The highest BCUT2D eigenvalue weighted by atomic mass is 16.5. The summed E-state index contributed by atoms with van der Waals surface area (Å²) in [7, 11) is 5.11. The van der Waals surface area contributed by atoms with Crippen LogP contribution in [-0.2, 0) is 14.3 Å². The van der Waals surface area contributed by atoms with Crippen LogP contribution in [0.2, 0.25) is 0 Å². The van der Waals surface area contributed by atoms with Crippen molar-refractivity contribution in [3.05, 3.63) is 0 Å². The fourth-order valence-electron chi connectivity index (χ4n) is 1.33. The number of rotatable bonds is 8. The number of nitrogens with zero attached hydrogens (tertiary/aromatic N) is 1. The summed E-state index contributed by atoms with van der Waals surface area (Å²) >= 11 is 0. The zero-order valence-corrected chi connectivity index (χ0v) is 12.8. The molecule has 5 nitrogen and oxygen atoms in total. The molecule has 5 heteroatoms. The van der Waals surface area contributed by atoms with E-state index in [1.807, 2.05) is 27.7 Å². The average Bonchev–Trinajstić information content (AvgIpc) is 2.26. The van der Waals surface area contributed by atoms with E-state index in [2.05, 4.69) is 5.43 Å². The van der Waals surface area contributed by atoms with Crippen LogP contribution in [0.15, 0.2) is 0 Å². The molecule has 0 aromatic rings. The van der Waals surface area contributed by atoms with E-state index < -0.39 is 5.60 Å². The topological polar surface area (TPSA) is 50.8 Å². The van der Waals surface area contributed by atoms with Gasteiger partial charge in [-0.05, 0) is 34.1 Å². The van der Waals surface area contributed by atoms with Crippen molar-refractivity contribution in [2.24, 2.45) is 0 Å². The third-order valence-corrected chi connectivity index (χ3v) is 3.04. The van der Waals surface area contributed by atoms with E-state index in [-0.39, 0.29) is 11.5 Å². The standard InChI is InChI=1S/C13H28N2O3/c1-12(2,17-7)8-9-18-13(3,4)10-11(16)15(6)14-5/h14H,8-10H2,1-7H3. The lowest BCUT2D eigenvalue weighted by Crippen LogP contribution is -2.41. The molecule has 0 aliphatic rings. The molecule has 108 valence electrons. The maximum absolute atomic E-state index is 11.8. The van der Waals surface area contributed by atoms with Crippen molar-refractivity contribution >= 4 is 5.91 Å². The zero-order chi connectivity index (χ0) is 14.4. The molecule has 0 aromatic heterocycles. The number of carbonyl (C=O) groups excluding carboxylic acids is 1. The van der Waals surface area contributed by atoms with E-state index >= 15 is 0 Å². The van der Waals surface area contributed by atoms with E-state index in [1.165, 1.54) is 5.01 Å². The first-order valence-corrected chi connectivity index (χ1v) is 6.26. The van der Waals surface area contributed by atoms with Crippen LogP contribution in [0.5, 0.6) is 0 Å². The van der Waals surface area contributed by atoms with E-state index in [0.717, 1.165) is 6.42 Å². The van der Waals surface area contributed by atoms with Gasteiger partial charge in [0.2, 0.25) is 5.91 Å². The number of hydrogen-bond acceptors (Lipinski definition) is 4. The molecule has 0 bridgehead atoms. The van der Waals surface area contributed by atoms with Crippen molar-refractivity contribution in [3.63, 3.8) is 0 Å². The molecule has 0 spiro atoms. The van der Waals surface area contributed by atoms with Gasteiger partial charge in [-0.3, -0.25) is 9.80 Å². The van der Waals surface area contributed by atoms with Crippen molar-refractivity contribution in [1.29, 1.82) is 0 Å². The summed E-state index contributed by atoms with van der Waals surface area (Å²) in [5, 5.41) is 1.46. The molecule has 0 heterocycles. The molecular formula is C13H28N2O3. The molecule has 0 saturated carbocycles. The molecule has 0 rings (SSSR count). The quantitative estimate of drug-likeness (QED) is 0.673. The van der Waals surface area contributed by atoms with Crippen LogP contribution in [0.3, 0.4) is 0 Å². The number of ether oxygens (including phenoxy) is 2. The van der Waals surface area contributed by atoms with E-state index in [1.54, 1.807) is 21.2 Å². The number of methoxy groups -OCH3 is 1. The molecule has 0 aromatic carbocycles. The van der Waals surface area contributed by atoms with Crippen molar-refractivity contribution in [2.45, 2.75) is 51.7 Å². The second-order valence-corrected chi connectivity index (χ2v) is 5.68. The first-order valence-electron chi connectivity index (χ1n) is 6.26. The normalized spacial score (nSPS) is 12.6. The molecule has 0 fully saturated rings. The number of carbonyl (C=O) groups is 1. The summed E-state index contributed by atoms with van der Waals surface area (Å²) < 4.78 is 11.1. The van der Waals surface area contributed by atoms with Gasteiger partial charge in [-0.1, -0.05) is 0 Å². The van der Waals surface area contributed by atoms with E-state index in [0.29, 0.717) is 13.0 Å². The highest BCUT2D eigenvalue weighted by Gasteiger charge is 2.25. The van der Waals surface area contributed by atoms with Crippen LogP contribution in [0.4, 0.5) is 0 Å². The van der Waals surface area contributed by atoms with Crippen LogP contribution >= 0.6 is 0 Å². The maximum Gasteiger partial charge on any atom is 0.239 e. The minimum absolute atomic E-state index is 0.00787. The van der Waals surface area contributed by atoms with Gasteiger partial charge in [0.15, 0.2) is 0 Å². The average molecular weight is 260 g/mol. The Kier molecular flexibility index (Phi) is 6.81. The minimum Gasteiger partial charge on any atom is -0.379 e. The van der Waals surface area contributed by atoms with Crippen molar-refractivity contribution in [1.82, 2.24) is 10.4 Å². The van der Waals surface area contributed by atoms with Crippen molar-refractivity contribution < 1.29 is 14.3 Å². The van der Waals surface area contributed by atoms with Gasteiger partial charge in [0.25, 0.3) is 0 Å². The summed E-state index contributed by atoms with van der Waals surface area (Å²) in [5.41, 5.74) is 2.13. The SMILES string of the molecule is CNN(C)C(=O)CC(C)(C)OCCC(C)(C)OC. The van der Waals surface area contributed by atoms with Crippen molar-refractivity contribution in [2.75, 3.05) is 27.8 Å².